The third-order valence-electron chi connectivity index (χ3n) is 4.99. The molecule has 0 spiro atoms. The van der Waals surface area contributed by atoms with Gasteiger partial charge in [0.05, 0.1) is 11.2 Å². The molecule has 124 valence electrons. The molecule has 3 rings (SSSR count). The molecule has 2 aliphatic rings. The lowest BCUT2D eigenvalue weighted by Gasteiger charge is -2.32. The van der Waals surface area contributed by atoms with Crippen LogP contribution < -0.4 is 5.32 Å². The van der Waals surface area contributed by atoms with Crippen LogP contribution in [0.4, 0.5) is 0 Å². The highest BCUT2D eigenvalue weighted by Crippen LogP contribution is 2.44. The Kier molecular flexibility index (Phi) is 6.33. The van der Waals surface area contributed by atoms with Crippen molar-refractivity contribution in [3.8, 4) is 0 Å². The molecule has 0 bridgehead atoms. The van der Waals surface area contributed by atoms with Gasteiger partial charge in [0.25, 0.3) is 0 Å². The van der Waals surface area contributed by atoms with E-state index in [1.165, 1.54) is 5.56 Å². The largest absolute Gasteiger partial charge is 0.463 e. The summed E-state index contributed by atoms with van der Waals surface area (Å²) in [5, 5.41) is 3.46. The summed E-state index contributed by atoms with van der Waals surface area (Å²) >= 11 is 0. The van der Waals surface area contributed by atoms with Crippen molar-refractivity contribution in [1.29, 1.82) is 0 Å². The standard InChI is InChI=1S/C15H23BN2O2.2ClH/c1-14(2)15(3,4)20-16(19-14)13-10-18-9-12(13)11-6-5-7-17-8-11;;/h5-8,12-13,18H,9-10H2,1-4H3;2*1H. The Morgan fingerprint density at radius 1 is 1.14 bits per heavy atom. The fourth-order valence-corrected chi connectivity index (χ4v) is 3.01. The molecule has 0 aliphatic carbocycles. The van der Waals surface area contributed by atoms with Crippen molar-refractivity contribution in [3.63, 3.8) is 0 Å². The Morgan fingerprint density at radius 3 is 2.32 bits per heavy atom. The first-order valence-corrected chi connectivity index (χ1v) is 7.37. The number of rotatable bonds is 2. The molecule has 0 saturated carbocycles. The number of halogens is 2. The van der Waals surface area contributed by atoms with Crippen LogP contribution in [-0.4, -0.2) is 36.4 Å². The van der Waals surface area contributed by atoms with E-state index < -0.39 is 0 Å². The molecule has 2 unspecified atom stereocenters. The van der Waals surface area contributed by atoms with Gasteiger partial charge in [-0.3, -0.25) is 4.98 Å². The van der Waals surface area contributed by atoms with E-state index in [0.29, 0.717) is 11.7 Å². The zero-order valence-electron chi connectivity index (χ0n) is 13.5. The molecule has 2 saturated heterocycles. The van der Waals surface area contributed by atoms with Crippen molar-refractivity contribution in [2.45, 2.75) is 50.6 Å². The molecule has 7 heteroatoms. The van der Waals surface area contributed by atoms with E-state index in [4.69, 9.17) is 9.31 Å². The maximum absolute atomic E-state index is 6.22. The first kappa shape index (κ1) is 19.7. The second-order valence-electron chi connectivity index (χ2n) is 6.84. The lowest BCUT2D eigenvalue weighted by Crippen LogP contribution is -2.41. The highest BCUT2D eigenvalue weighted by Gasteiger charge is 2.55. The summed E-state index contributed by atoms with van der Waals surface area (Å²) in [6.45, 7) is 10.3. The fraction of sp³-hybridized carbons (Fsp3) is 0.667. The van der Waals surface area contributed by atoms with Gasteiger partial charge in [-0.1, -0.05) is 6.07 Å². The summed E-state index contributed by atoms with van der Waals surface area (Å²) in [5.41, 5.74) is 0.733. The van der Waals surface area contributed by atoms with Gasteiger partial charge in [-0.15, -0.1) is 24.8 Å². The number of nitrogens with zero attached hydrogens (tertiary/aromatic N) is 1. The summed E-state index contributed by atoms with van der Waals surface area (Å²) in [4.78, 5) is 4.24. The molecule has 2 fully saturated rings. The van der Waals surface area contributed by atoms with Gasteiger partial charge in [0, 0.05) is 30.7 Å². The van der Waals surface area contributed by atoms with E-state index in [0.717, 1.165) is 13.1 Å². The predicted octanol–water partition coefficient (Wildman–Crippen LogP) is 3.07. The third-order valence-corrected chi connectivity index (χ3v) is 4.99. The van der Waals surface area contributed by atoms with Gasteiger partial charge in [0.2, 0.25) is 0 Å². The van der Waals surface area contributed by atoms with E-state index in [1.807, 2.05) is 18.5 Å². The lowest BCUT2D eigenvalue weighted by molar-refractivity contribution is 0.00578. The highest BCUT2D eigenvalue weighted by atomic mass is 35.5. The predicted molar refractivity (Wildman–Crippen MR) is 94.2 cm³/mol. The minimum atomic E-state index is -0.264. The Balaban J connectivity index is 0.00000121. The van der Waals surface area contributed by atoms with Crippen molar-refractivity contribution < 1.29 is 9.31 Å². The Bertz CT molecular complexity index is 472. The fourth-order valence-electron chi connectivity index (χ4n) is 3.01. The van der Waals surface area contributed by atoms with Crippen LogP contribution >= 0.6 is 24.8 Å². The van der Waals surface area contributed by atoms with Gasteiger partial charge in [-0.05, 0) is 45.9 Å². The summed E-state index contributed by atoms with van der Waals surface area (Å²) in [5.74, 6) is 0.735. The van der Waals surface area contributed by atoms with Crippen molar-refractivity contribution in [2.24, 2.45) is 0 Å². The van der Waals surface area contributed by atoms with Crippen molar-refractivity contribution in [1.82, 2.24) is 10.3 Å². The van der Waals surface area contributed by atoms with Crippen LogP contribution in [0.25, 0.3) is 0 Å². The SMILES string of the molecule is CC1(C)OB(C2CNCC2c2cccnc2)OC1(C)C.Cl.Cl. The molecule has 0 amide bonds. The summed E-state index contributed by atoms with van der Waals surface area (Å²) in [6, 6.07) is 4.14. The second kappa shape index (κ2) is 7.06. The summed E-state index contributed by atoms with van der Waals surface area (Å²) in [6.07, 6.45) is 3.77. The van der Waals surface area contributed by atoms with E-state index in [9.17, 15) is 0 Å². The van der Waals surface area contributed by atoms with E-state index in [1.54, 1.807) is 0 Å². The number of aromatic nitrogens is 1. The van der Waals surface area contributed by atoms with Gasteiger partial charge in [0.1, 0.15) is 0 Å². The van der Waals surface area contributed by atoms with E-state index in [-0.39, 0.29) is 43.1 Å². The first-order valence-electron chi connectivity index (χ1n) is 7.37. The average Bonchev–Trinajstić information content (AvgIpc) is 2.94. The molecule has 3 heterocycles. The molecule has 0 aromatic carbocycles. The molecule has 1 aromatic heterocycles. The molecular weight excluding hydrogens is 322 g/mol. The smallest absolute Gasteiger partial charge is 0.403 e. The summed E-state index contributed by atoms with van der Waals surface area (Å²) in [7, 11) is -0.153. The molecule has 1 aromatic rings. The Hall–Kier alpha value is -0.325. The number of nitrogens with one attached hydrogen (secondary N) is 1. The topological polar surface area (TPSA) is 43.4 Å². The van der Waals surface area contributed by atoms with Crippen LogP contribution in [0, 0.1) is 0 Å². The normalized spacial score (nSPS) is 28.8. The zero-order valence-corrected chi connectivity index (χ0v) is 15.2. The van der Waals surface area contributed by atoms with Crippen LogP contribution in [-0.2, 0) is 9.31 Å². The monoisotopic (exact) mass is 346 g/mol. The minimum absolute atomic E-state index is 0. The van der Waals surface area contributed by atoms with Gasteiger partial charge >= 0.3 is 7.12 Å². The van der Waals surface area contributed by atoms with Gasteiger partial charge in [-0.2, -0.15) is 0 Å². The van der Waals surface area contributed by atoms with Crippen LogP contribution in [0.5, 0.6) is 0 Å². The molecule has 0 radical (unpaired) electrons. The number of pyridine rings is 1. The van der Waals surface area contributed by atoms with Crippen LogP contribution in [0.1, 0.15) is 39.2 Å². The Morgan fingerprint density at radius 2 is 1.77 bits per heavy atom. The third kappa shape index (κ3) is 3.44. The molecule has 22 heavy (non-hydrogen) atoms. The average molecular weight is 347 g/mol. The van der Waals surface area contributed by atoms with Crippen molar-refractivity contribution in [2.75, 3.05) is 13.1 Å². The quantitative estimate of drug-likeness (QED) is 0.836. The molecular formula is C15H25BCl2N2O2. The molecule has 4 nitrogen and oxygen atoms in total. The number of hydrogen-bond donors (Lipinski definition) is 1. The molecule has 1 N–H and O–H groups in total. The lowest BCUT2D eigenvalue weighted by atomic mass is 9.65. The van der Waals surface area contributed by atoms with Crippen molar-refractivity contribution >= 4 is 31.9 Å². The maximum Gasteiger partial charge on any atom is 0.463 e. The van der Waals surface area contributed by atoms with E-state index >= 15 is 0 Å². The minimum Gasteiger partial charge on any atom is -0.403 e. The van der Waals surface area contributed by atoms with Gasteiger partial charge in [0.15, 0.2) is 0 Å². The van der Waals surface area contributed by atoms with Crippen LogP contribution in [0.3, 0.4) is 0 Å². The van der Waals surface area contributed by atoms with Crippen LogP contribution in [0.2, 0.25) is 5.82 Å². The maximum atomic E-state index is 6.22. The molecule has 2 aliphatic heterocycles. The summed E-state index contributed by atoms with van der Waals surface area (Å²) < 4.78 is 12.4. The zero-order chi connectivity index (χ0) is 14.4. The van der Waals surface area contributed by atoms with Gasteiger partial charge in [-0.25, -0.2) is 0 Å². The van der Waals surface area contributed by atoms with Crippen molar-refractivity contribution in [3.05, 3.63) is 30.1 Å². The molecule has 2 atom stereocenters. The van der Waals surface area contributed by atoms with Crippen LogP contribution in [0.15, 0.2) is 24.5 Å². The second-order valence-corrected chi connectivity index (χ2v) is 6.84. The van der Waals surface area contributed by atoms with E-state index in [2.05, 4.69) is 44.1 Å². The Labute approximate surface area is 145 Å². The van der Waals surface area contributed by atoms with Gasteiger partial charge < -0.3 is 14.6 Å². The number of hydrogen-bond acceptors (Lipinski definition) is 4. The first-order chi connectivity index (χ1) is 9.41. The highest BCUT2D eigenvalue weighted by molar-refractivity contribution is 6.48.